The van der Waals surface area contributed by atoms with Crippen molar-refractivity contribution >= 4 is 61.7 Å². The first-order chi connectivity index (χ1) is 14.4. The molecule has 0 spiro atoms. The number of benzene rings is 2. The zero-order valence-corrected chi connectivity index (χ0v) is 17.9. The topological polar surface area (TPSA) is 97.2 Å². The third-order valence-corrected chi connectivity index (χ3v) is 5.37. The van der Waals surface area contributed by atoms with Gasteiger partial charge in [-0.15, -0.1) is 0 Å². The summed E-state index contributed by atoms with van der Waals surface area (Å²) in [7, 11) is 0. The number of anilines is 1. The summed E-state index contributed by atoms with van der Waals surface area (Å²) >= 11 is 6.66. The molecule has 1 amide bonds. The van der Waals surface area contributed by atoms with E-state index in [0.717, 1.165) is 29.5 Å². The first-order valence-electron chi connectivity index (χ1n) is 9.38. The Morgan fingerprint density at radius 2 is 2.13 bits per heavy atom. The average molecular weight is 441 g/mol. The van der Waals surface area contributed by atoms with Gasteiger partial charge in [-0.05, 0) is 54.4 Å². The summed E-state index contributed by atoms with van der Waals surface area (Å²) in [4.78, 5) is 26.9. The van der Waals surface area contributed by atoms with E-state index in [1.54, 1.807) is 12.1 Å². The Morgan fingerprint density at radius 1 is 1.30 bits per heavy atom. The molecule has 0 aliphatic heterocycles. The van der Waals surface area contributed by atoms with Gasteiger partial charge in [0.2, 0.25) is 5.91 Å². The number of carbonyl (C=O) groups excluding carboxylic acids is 1. The molecule has 30 heavy (non-hydrogen) atoms. The quantitative estimate of drug-likeness (QED) is 0.230. The molecule has 2 aromatic carbocycles. The van der Waals surface area contributed by atoms with Gasteiger partial charge < -0.3 is 5.32 Å². The predicted octanol–water partition coefficient (Wildman–Crippen LogP) is 5.07. The van der Waals surface area contributed by atoms with Crippen LogP contribution >= 0.6 is 23.6 Å². The Morgan fingerprint density at radius 3 is 2.90 bits per heavy atom. The summed E-state index contributed by atoms with van der Waals surface area (Å²) in [5.41, 5.74) is 2.66. The van der Waals surface area contributed by atoms with Gasteiger partial charge in [-0.1, -0.05) is 42.9 Å². The molecule has 0 radical (unpaired) electrons. The van der Waals surface area contributed by atoms with Crippen molar-refractivity contribution in [1.82, 2.24) is 10.3 Å². The van der Waals surface area contributed by atoms with Gasteiger partial charge in [0, 0.05) is 18.2 Å². The highest BCUT2D eigenvalue weighted by atomic mass is 32.1. The molecule has 0 atom stereocenters. The number of hydrogen-bond acceptors (Lipinski definition) is 6. The van der Waals surface area contributed by atoms with Crippen LogP contribution in [-0.2, 0) is 11.2 Å². The molecule has 9 heteroatoms. The van der Waals surface area contributed by atoms with Crippen LogP contribution in [0.5, 0.6) is 0 Å². The van der Waals surface area contributed by atoms with Gasteiger partial charge in [0.25, 0.3) is 5.69 Å². The molecule has 0 bridgehead atoms. The van der Waals surface area contributed by atoms with Crippen LogP contribution in [0.15, 0.2) is 48.5 Å². The van der Waals surface area contributed by atoms with E-state index in [1.807, 2.05) is 6.07 Å². The number of nitrogens with one attached hydrogen (secondary N) is 2. The summed E-state index contributed by atoms with van der Waals surface area (Å²) in [6.07, 6.45) is 6.09. The Kier molecular flexibility index (Phi) is 7.21. The van der Waals surface area contributed by atoms with Gasteiger partial charge in [-0.2, -0.15) is 0 Å². The second-order valence-corrected chi connectivity index (χ2v) is 7.99. The van der Waals surface area contributed by atoms with E-state index in [-0.39, 0.29) is 10.8 Å². The number of carbonyl (C=O) groups is 1. The fourth-order valence-electron chi connectivity index (χ4n) is 2.75. The molecular weight excluding hydrogens is 420 g/mol. The molecule has 3 rings (SSSR count). The van der Waals surface area contributed by atoms with Crippen molar-refractivity contribution in [2.24, 2.45) is 0 Å². The van der Waals surface area contributed by atoms with E-state index >= 15 is 0 Å². The summed E-state index contributed by atoms with van der Waals surface area (Å²) in [5, 5.41) is 17.0. The zero-order chi connectivity index (χ0) is 21.5. The normalized spacial score (nSPS) is 11.0. The first-order valence-corrected chi connectivity index (χ1v) is 10.6. The molecular formula is C21H20N4O3S2. The summed E-state index contributed by atoms with van der Waals surface area (Å²) in [5.74, 6) is -0.443. The van der Waals surface area contributed by atoms with E-state index < -0.39 is 10.8 Å². The number of thiazole rings is 1. The first kappa shape index (κ1) is 21.5. The molecule has 3 aromatic rings. The van der Waals surface area contributed by atoms with Crippen molar-refractivity contribution in [2.45, 2.75) is 26.2 Å². The standard InChI is InChI=1S/C21H20N4O3S2/c1-2-3-5-15-8-10-17-18(13-15)30-21(22-17)24-20(29)23-19(26)11-9-14-6-4-7-16(12-14)25(27)28/h4,6-13H,2-3,5H2,1H3,(H2,22,23,24,26,29). The van der Waals surface area contributed by atoms with Crippen LogP contribution in [-0.4, -0.2) is 20.9 Å². The van der Waals surface area contributed by atoms with E-state index in [2.05, 4.69) is 34.7 Å². The smallest absolute Gasteiger partial charge is 0.270 e. The lowest BCUT2D eigenvalue weighted by Crippen LogP contribution is -2.32. The molecule has 0 saturated carbocycles. The summed E-state index contributed by atoms with van der Waals surface area (Å²) in [6, 6.07) is 12.2. The lowest BCUT2D eigenvalue weighted by molar-refractivity contribution is -0.384. The number of aromatic nitrogens is 1. The van der Waals surface area contributed by atoms with Crippen molar-refractivity contribution in [2.75, 3.05) is 5.32 Å². The van der Waals surface area contributed by atoms with Gasteiger partial charge >= 0.3 is 0 Å². The molecule has 0 aliphatic carbocycles. The van der Waals surface area contributed by atoms with Crippen molar-refractivity contribution in [3.05, 3.63) is 69.8 Å². The van der Waals surface area contributed by atoms with E-state index in [0.29, 0.717) is 10.7 Å². The van der Waals surface area contributed by atoms with Crippen molar-refractivity contribution < 1.29 is 9.72 Å². The van der Waals surface area contributed by atoms with Crippen LogP contribution in [0.25, 0.3) is 16.3 Å². The molecule has 0 unspecified atom stereocenters. The van der Waals surface area contributed by atoms with Crippen LogP contribution < -0.4 is 10.6 Å². The van der Waals surface area contributed by atoms with Gasteiger partial charge in [-0.25, -0.2) is 4.98 Å². The van der Waals surface area contributed by atoms with Gasteiger partial charge in [-0.3, -0.25) is 20.2 Å². The fourth-order valence-corrected chi connectivity index (χ4v) is 3.95. The van der Waals surface area contributed by atoms with E-state index in [4.69, 9.17) is 12.2 Å². The van der Waals surface area contributed by atoms with E-state index in [9.17, 15) is 14.9 Å². The van der Waals surface area contributed by atoms with Crippen LogP contribution in [0, 0.1) is 10.1 Å². The molecule has 154 valence electrons. The Bertz CT molecular complexity index is 1120. The molecule has 7 nitrogen and oxygen atoms in total. The van der Waals surface area contributed by atoms with E-state index in [1.165, 1.54) is 41.2 Å². The number of nitro groups is 1. The third kappa shape index (κ3) is 5.91. The number of thiocarbonyl (C=S) groups is 1. The number of amides is 1. The van der Waals surface area contributed by atoms with Gasteiger partial charge in [0.05, 0.1) is 15.1 Å². The number of fused-ring (bicyclic) bond motifs is 1. The van der Waals surface area contributed by atoms with Crippen molar-refractivity contribution in [3.63, 3.8) is 0 Å². The van der Waals surface area contributed by atoms with Crippen LogP contribution in [0.4, 0.5) is 10.8 Å². The number of non-ortho nitro benzene ring substituents is 1. The maximum atomic E-state index is 12.1. The largest absolute Gasteiger partial charge is 0.308 e. The minimum Gasteiger partial charge on any atom is -0.308 e. The van der Waals surface area contributed by atoms with Crippen molar-refractivity contribution in [3.8, 4) is 0 Å². The average Bonchev–Trinajstić information content (AvgIpc) is 3.12. The summed E-state index contributed by atoms with van der Waals surface area (Å²) < 4.78 is 1.06. The number of unbranched alkanes of at least 4 members (excludes halogenated alkanes) is 1. The maximum absolute atomic E-state index is 12.1. The SMILES string of the molecule is CCCCc1ccc2nc(NC(=S)NC(=O)C=Cc3cccc([N+](=O)[O-])c3)sc2c1. The van der Waals surface area contributed by atoms with Crippen LogP contribution in [0.1, 0.15) is 30.9 Å². The summed E-state index contributed by atoms with van der Waals surface area (Å²) in [6.45, 7) is 2.17. The fraction of sp³-hybridized carbons (Fsp3) is 0.190. The highest BCUT2D eigenvalue weighted by molar-refractivity contribution is 7.80. The lowest BCUT2D eigenvalue weighted by Gasteiger charge is -2.04. The second kappa shape index (κ2) is 10.0. The number of aryl methyl sites for hydroxylation is 1. The van der Waals surface area contributed by atoms with Crippen molar-refractivity contribution in [1.29, 1.82) is 0 Å². The highest BCUT2D eigenvalue weighted by Crippen LogP contribution is 2.27. The predicted molar refractivity (Wildman–Crippen MR) is 125 cm³/mol. The minimum absolute atomic E-state index is 0.0385. The van der Waals surface area contributed by atoms with Gasteiger partial charge in [0.15, 0.2) is 10.2 Å². The van der Waals surface area contributed by atoms with Crippen LogP contribution in [0.2, 0.25) is 0 Å². The third-order valence-electron chi connectivity index (χ3n) is 4.24. The zero-order valence-electron chi connectivity index (χ0n) is 16.3. The molecule has 1 heterocycles. The Hall–Kier alpha value is -3.17. The Balaban J connectivity index is 1.58. The number of rotatable bonds is 7. The number of nitrogens with zero attached hydrogens (tertiary/aromatic N) is 2. The Labute approximate surface area is 183 Å². The minimum atomic E-state index is -0.485. The second-order valence-electron chi connectivity index (χ2n) is 6.55. The number of hydrogen-bond donors (Lipinski definition) is 2. The maximum Gasteiger partial charge on any atom is 0.270 e. The van der Waals surface area contributed by atoms with Crippen LogP contribution in [0.3, 0.4) is 0 Å². The lowest BCUT2D eigenvalue weighted by atomic mass is 10.1. The molecule has 0 aliphatic rings. The van der Waals surface area contributed by atoms with Gasteiger partial charge in [0.1, 0.15) is 0 Å². The molecule has 0 fully saturated rings. The molecule has 0 saturated heterocycles. The molecule has 1 aromatic heterocycles. The monoisotopic (exact) mass is 440 g/mol. The highest BCUT2D eigenvalue weighted by Gasteiger charge is 2.08. The molecule has 2 N–H and O–H groups in total. The number of nitro benzene ring substituents is 1.